The molecule has 0 bridgehead atoms. The van der Waals surface area contributed by atoms with Gasteiger partial charge in [0, 0.05) is 41.3 Å². The zero-order chi connectivity index (χ0) is 18.7. The van der Waals surface area contributed by atoms with Crippen LogP contribution in [0.1, 0.15) is 35.5 Å². The molecule has 1 saturated carbocycles. The van der Waals surface area contributed by atoms with Crippen LogP contribution < -0.4 is 11.1 Å². The van der Waals surface area contributed by atoms with Crippen LogP contribution in [0, 0.1) is 19.8 Å². The van der Waals surface area contributed by atoms with E-state index in [0.29, 0.717) is 19.3 Å². The van der Waals surface area contributed by atoms with Crippen LogP contribution in [0.4, 0.5) is 5.95 Å². The number of rotatable bonds is 6. The Hall–Kier alpha value is -2.54. The predicted molar refractivity (Wildman–Crippen MR) is 98.2 cm³/mol. The van der Waals surface area contributed by atoms with Gasteiger partial charge in [-0.15, -0.1) is 0 Å². The van der Waals surface area contributed by atoms with Gasteiger partial charge in [0.25, 0.3) is 0 Å². The van der Waals surface area contributed by atoms with Gasteiger partial charge in [-0.25, -0.2) is 9.97 Å². The summed E-state index contributed by atoms with van der Waals surface area (Å²) in [7, 11) is 0. The molecular formula is C19H25N5O2. The summed E-state index contributed by atoms with van der Waals surface area (Å²) in [6, 6.07) is 5.72. The molecule has 1 amide bonds. The van der Waals surface area contributed by atoms with Crippen LogP contribution in [0.15, 0.2) is 24.4 Å². The number of aromatic nitrogens is 3. The minimum atomic E-state index is -0.266. The van der Waals surface area contributed by atoms with E-state index in [1.165, 1.54) is 0 Å². The van der Waals surface area contributed by atoms with E-state index in [2.05, 4.69) is 20.3 Å². The van der Waals surface area contributed by atoms with Gasteiger partial charge >= 0.3 is 0 Å². The molecule has 0 radical (unpaired) electrons. The average molecular weight is 355 g/mol. The van der Waals surface area contributed by atoms with Crippen molar-refractivity contribution in [2.24, 2.45) is 5.92 Å². The zero-order valence-corrected chi connectivity index (χ0v) is 15.1. The molecule has 4 N–H and O–H groups in total. The highest BCUT2D eigenvalue weighted by molar-refractivity contribution is 5.79. The third kappa shape index (κ3) is 4.35. The Labute approximate surface area is 153 Å². The molecule has 3 rings (SSSR count). The molecule has 26 heavy (non-hydrogen) atoms. The number of pyridine rings is 1. The largest absolute Gasteiger partial charge is 0.393 e. The van der Waals surface area contributed by atoms with Gasteiger partial charge in [0.1, 0.15) is 0 Å². The van der Waals surface area contributed by atoms with E-state index in [4.69, 9.17) is 5.73 Å². The third-order valence-electron chi connectivity index (χ3n) is 5.00. The van der Waals surface area contributed by atoms with E-state index in [1.54, 1.807) is 6.20 Å². The van der Waals surface area contributed by atoms with Gasteiger partial charge in [-0.05, 0) is 44.7 Å². The number of amides is 1. The van der Waals surface area contributed by atoms with Crippen molar-refractivity contribution in [3.8, 4) is 0 Å². The lowest BCUT2D eigenvalue weighted by atomic mass is 9.76. The van der Waals surface area contributed by atoms with E-state index in [1.807, 2.05) is 32.0 Å². The Balaban J connectivity index is 1.69. The number of aliphatic hydroxyl groups is 1. The molecule has 0 saturated heterocycles. The van der Waals surface area contributed by atoms with Crippen LogP contribution in [0.3, 0.4) is 0 Å². The Bertz CT molecular complexity index is 752. The van der Waals surface area contributed by atoms with Gasteiger partial charge in [0.2, 0.25) is 11.9 Å². The SMILES string of the molecule is Cc1nc(N)nc(C)c1CC(=O)N[C@@H](Cc1ccccn1)C1CC(O)C1. The lowest BCUT2D eigenvalue weighted by Gasteiger charge is -2.38. The highest BCUT2D eigenvalue weighted by Gasteiger charge is 2.35. The number of nitrogen functional groups attached to an aromatic ring is 1. The first kappa shape index (κ1) is 18.3. The van der Waals surface area contributed by atoms with Crippen LogP contribution in [0.2, 0.25) is 0 Å². The second-order valence-corrected chi connectivity index (χ2v) is 6.99. The molecule has 138 valence electrons. The van der Waals surface area contributed by atoms with E-state index in [0.717, 1.165) is 22.6 Å². The fourth-order valence-electron chi connectivity index (χ4n) is 3.48. The lowest BCUT2D eigenvalue weighted by molar-refractivity contribution is -0.122. The van der Waals surface area contributed by atoms with Gasteiger partial charge in [-0.3, -0.25) is 9.78 Å². The number of anilines is 1. The maximum atomic E-state index is 12.6. The summed E-state index contributed by atoms with van der Waals surface area (Å²) in [4.78, 5) is 25.3. The van der Waals surface area contributed by atoms with Crippen LogP contribution in [-0.4, -0.2) is 38.1 Å². The first-order valence-corrected chi connectivity index (χ1v) is 8.89. The first-order valence-electron chi connectivity index (χ1n) is 8.89. The number of hydrogen-bond acceptors (Lipinski definition) is 6. The van der Waals surface area contributed by atoms with E-state index >= 15 is 0 Å². The van der Waals surface area contributed by atoms with Gasteiger partial charge in [0.05, 0.1) is 12.5 Å². The standard InChI is InChI=1S/C19H25N5O2/c1-11-16(12(2)23-19(20)22-11)10-18(26)24-17(13-7-15(25)8-13)9-14-5-3-4-6-21-14/h3-6,13,15,17,25H,7-10H2,1-2H3,(H,24,26)(H2,20,22,23)/t13?,15?,17-/m0/s1. The van der Waals surface area contributed by atoms with Crippen molar-refractivity contribution in [2.75, 3.05) is 5.73 Å². The Kier molecular flexibility index (Phi) is 5.46. The summed E-state index contributed by atoms with van der Waals surface area (Å²) < 4.78 is 0. The number of carbonyl (C=O) groups excluding carboxylic acids is 1. The average Bonchev–Trinajstić information content (AvgIpc) is 2.55. The topological polar surface area (TPSA) is 114 Å². The van der Waals surface area contributed by atoms with Crippen molar-refractivity contribution >= 4 is 11.9 Å². The Morgan fingerprint density at radius 1 is 1.31 bits per heavy atom. The Morgan fingerprint density at radius 2 is 2.00 bits per heavy atom. The minimum Gasteiger partial charge on any atom is -0.393 e. The number of nitrogens with zero attached hydrogens (tertiary/aromatic N) is 3. The fourth-order valence-corrected chi connectivity index (χ4v) is 3.48. The van der Waals surface area contributed by atoms with Crippen LogP contribution >= 0.6 is 0 Å². The smallest absolute Gasteiger partial charge is 0.224 e. The maximum Gasteiger partial charge on any atom is 0.224 e. The molecule has 7 nitrogen and oxygen atoms in total. The van der Waals surface area contributed by atoms with E-state index in [-0.39, 0.29) is 36.3 Å². The molecule has 0 unspecified atom stereocenters. The summed E-state index contributed by atoms with van der Waals surface area (Å²) in [6.45, 7) is 3.67. The van der Waals surface area contributed by atoms with Gasteiger partial charge in [-0.2, -0.15) is 0 Å². The van der Waals surface area contributed by atoms with Crippen molar-refractivity contribution in [2.45, 2.75) is 51.7 Å². The van der Waals surface area contributed by atoms with Gasteiger partial charge in [0.15, 0.2) is 0 Å². The minimum absolute atomic E-state index is 0.0453. The molecule has 1 atom stereocenters. The van der Waals surface area contributed by atoms with Crippen molar-refractivity contribution in [1.82, 2.24) is 20.3 Å². The summed E-state index contributed by atoms with van der Waals surface area (Å²) >= 11 is 0. The molecule has 1 aliphatic rings. The fraction of sp³-hybridized carbons (Fsp3) is 0.474. The predicted octanol–water partition coefficient (Wildman–Crippen LogP) is 1.11. The monoisotopic (exact) mass is 355 g/mol. The van der Waals surface area contributed by atoms with Crippen LogP contribution in [0.25, 0.3) is 0 Å². The highest BCUT2D eigenvalue weighted by atomic mass is 16.3. The third-order valence-corrected chi connectivity index (χ3v) is 5.00. The number of carbonyl (C=O) groups is 1. The number of nitrogens with two attached hydrogens (primary N) is 1. The summed E-state index contributed by atoms with van der Waals surface area (Å²) in [5.41, 5.74) is 8.85. The number of hydrogen-bond donors (Lipinski definition) is 3. The van der Waals surface area contributed by atoms with Crippen LogP contribution in [-0.2, 0) is 17.6 Å². The zero-order valence-electron chi connectivity index (χ0n) is 15.1. The first-order chi connectivity index (χ1) is 12.4. The maximum absolute atomic E-state index is 12.6. The summed E-state index contributed by atoms with van der Waals surface area (Å²) in [5, 5.41) is 12.8. The molecule has 1 aliphatic carbocycles. The molecule has 2 heterocycles. The lowest BCUT2D eigenvalue weighted by Crippen LogP contribution is -2.48. The molecule has 1 fully saturated rings. The molecule has 0 spiro atoms. The van der Waals surface area contributed by atoms with Crippen molar-refractivity contribution in [1.29, 1.82) is 0 Å². The van der Waals surface area contributed by atoms with Crippen molar-refractivity contribution in [3.63, 3.8) is 0 Å². The Morgan fingerprint density at radius 3 is 2.58 bits per heavy atom. The summed E-state index contributed by atoms with van der Waals surface area (Å²) in [5.74, 6) is 0.411. The normalized spacial score (nSPS) is 20.3. The van der Waals surface area contributed by atoms with Crippen molar-refractivity contribution < 1.29 is 9.90 Å². The van der Waals surface area contributed by atoms with Crippen LogP contribution in [0.5, 0.6) is 0 Å². The molecule has 7 heteroatoms. The van der Waals surface area contributed by atoms with E-state index < -0.39 is 0 Å². The van der Waals surface area contributed by atoms with Gasteiger partial charge < -0.3 is 16.2 Å². The number of nitrogens with one attached hydrogen (secondary N) is 1. The second kappa shape index (κ2) is 7.78. The van der Waals surface area contributed by atoms with E-state index in [9.17, 15) is 9.90 Å². The second-order valence-electron chi connectivity index (χ2n) is 6.99. The van der Waals surface area contributed by atoms with Crippen molar-refractivity contribution in [3.05, 3.63) is 47.0 Å². The van der Waals surface area contributed by atoms with Gasteiger partial charge in [-0.1, -0.05) is 6.07 Å². The molecular weight excluding hydrogens is 330 g/mol. The molecule has 0 aliphatic heterocycles. The quantitative estimate of drug-likeness (QED) is 0.715. The molecule has 0 aromatic carbocycles. The summed E-state index contributed by atoms with van der Waals surface area (Å²) in [6.07, 6.45) is 3.77. The molecule has 2 aromatic rings. The number of aliphatic hydroxyl groups excluding tert-OH is 1. The number of aryl methyl sites for hydroxylation is 2. The highest BCUT2D eigenvalue weighted by Crippen LogP contribution is 2.31. The molecule has 2 aromatic heterocycles.